The highest BCUT2D eigenvalue weighted by Gasteiger charge is 2.36. The number of nitrogens with zero attached hydrogens (tertiary/aromatic N) is 1. The molecule has 186 valence electrons. The second-order valence-corrected chi connectivity index (χ2v) is 8.48. The maximum absolute atomic E-state index is 12.8. The van der Waals surface area contributed by atoms with Crippen LogP contribution in [0.5, 0.6) is 0 Å². The summed E-state index contributed by atoms with van der Waals surface area (Å²) in [6.07, 6.45) is 0.757. The molecule has 4 amide bonds. The number of esters is 1. The molecule has 8 heteroatoms. The minimum Gasteiger partial charge on any atom is -0.463 e. The molecule has 3 aromatic carbocycles. The normalized spacial score (nSPS) is 15.5. The number of fused-ring (bicyclic) bond motifs is 1. The van der Waals surface area contributed by atoms with Crippen LogP contribution in [0.25, 0.3) is 10.8 Å². The first-order valence-corrected chi connectivity index (χ1v) is 12.0. The van der Waals surface area contributed by atoms with Gasteiger partial charge in [0.1, 0.15) is 0 Å². The van der Waals surface area contributed by atoms with Crippen molar-refractivity contribution in [2.75, 3.05) is 23.8 Å². The summed E-state index contributed by atoms with van der Waals surface area (Å²) in [5.74, 6) is -0.460. The number of hydrogen-bond acceptors (Lipinski definition) is 4. The third-order valence-corrected chi connectivity index (χ3v) is 6.08. The fraction of sp³-hybridized carbons (Fsp3) is 0.250. The number of ether oxygens (including phenoxy) is 1. The topological polar surface area (TPSA) is 99.8 Å². The summed E-state index contributed by atoms with van der Waals surface area (Å²) in [5, 5.41) is 10.6. The summed E-state index contributed by atoms with van der Waals surface area (Å²) in [5.41, 5.74) is 2.98. The third-order valence-electron chi connectivity index (χ3n) is 6.08. The fourth-order valence-corrected chi connectivity index (χ4v) is 4.38. The van der Waals surface area contributed by atoms with E-state index in [4.69, 9.17) is 4.74 Å². The minimum absolute atomic E-state index is 0.235. The highest BCUT2D eigenvalue weighted by Crippen LogP contribution is 2.32. The van der Waals surface area contributed by atoms with Crippen LogP contribution in [-0.4, -0.2) is 36.1 Å². The van der Waals surface area contributed by atoms with E-state index in [2.05, 4.69) is 16.0 Å². The van der Waals surface area contributed by atoms with Crippen molar-refractivity contribution in [1.82, 2.24) is 10.2 Å². The van der Waals surface area contributed by atoms with Gasteiger partial charge in [0.25, 0.3) is 0 Å². The first kappa shape index (κ1) is 24.8. The molecule has 0 saturated heterocycles. The Kier molecular flexibility index (Phi) is 7.53. The summed E-state index contributed by atoms with van der Waals surface area (Å²) in [7, 11) is 0. The lowest BCUT2D eigenvalue weighted by Crippen LogP contribution is -2.48. The number of anilines is 2. The van der Waals surface area contributed by atoms with Gasteiger partial charge in [0.05, 0.1) is 23.9 Å². The lowest BCUT2D eigenvalue weighted by atomic mass is 9.94. The van der Waals surface area contributed by atoms with Gasteiger partial charge in [-0.25, -0.2) is 14.4 Å². The van der Waals surface area contributed by atoms with Crippen molar-refractivity contribution in [2.45, 2.75) is 33.2 Å². The Morgan fingerprint density at radius 2 is 1.69 bits per heavy atom. The third kappa shape index (κ3) is 5.17. The molecular formula is C28H30N4O4. The Labute approximate surface area is 210 Å². The molecule has 0 radical (unpaired) electrons. The molecule has 1 atom stereocenters. The molecule has 1 unspecified atom stereocenters. The van der Waals surface area contributed by atoms with Crippen LogP contribution < -0.4 is 16.0 Å². The zero-order valence-corrected chi connectivity index (χ0v) is 20.6. The van der Waals surface area contributed by atoms with Crippen molar-refractivity contribution >= 4 is 40.2 Å². The summed E-state index contributed by atoms with van der Waals surface area (Å²) < 4.78 is 5.29. The highest BCUT2D eigenvalue weighted by atomic mass is 16.5. The molecule has 0 saturated carbocycles. The second-order valence-electron chi connectivity index (χ2n) is 8.48. The van der Waals surface area contributed by atoms with E-state index in [1.165, 1.54) is 0 Å². The number of hydrogen-bond donors (Lipinski definition) is 3. The van der Waals surface area contributed by atoms with Gasteiger partial charge in [-0.15, -0.1) is 0 Å². The second kappa shape index (κ2) is 10.9. The van der Waals surface area contributed by atoms with Gasteiger partial charge >= 0.3 is 18.0 Å². The van der Waals surface area contributed by atoms with Gasteiger partial charge in [0, 0.05) is 23.3 Å². The van der Waals surface area contributed by atoms with E-state index >= 15 is 0 Å². The standard InChI is InChI=1S/C28H30N4O4/c1-4-17-32-18(3)24(26(33)36-5-2)25(31-28(32)35)20-13-15-21(16-14-20)29-27(34)30-23-12-8-10-19-9-6-7-11-22(19)23/h6-16,25H,4-5,17H2,1-3H3,(H,31,35)(H2,29,30,34). The van der Waals surface area contributed by atoms with Gasteiger partial charge < -0.3 is 20.7 Å². The molecule has 0 aromatic heterocycles. The van der Waals surface area contributed by atoms with E-state index < -0.39 is 12.0 Å². The molecule has 0 spiro atoms. The van der Waals surface area contributed by atoms with E-state index in [1.54, 1.807) is 43.0 Å². The Morgan fingerprint density at radius 3 is 2.42 bits per heavy atom. The molecule has 1 aliphatic heterocycles. The molecule has 0 aliphatic carbocycles. The molecule has 0 bridgehead atoms. The number of allylic oxidation sites excluding steroid dienone is 1. The van der Waals surface area contributed by atoms with Crippen LogP contribution in [0.2, 0.25) is 0 Å². The summed E-state index contributed by atoms with van der Waals surface area (Å²) in [4.78, 5) is 39.8. The fourth-order valence-electron chi connectivity index (χ4n) is 4.38. The predicted octanol–water partition coefficient (Wildman–Crippen LogP) is 5.80. The zero-order chi connectivity index (χ0) is 25.7. The van der Waals surface area contributed by atoms with E-state index in [-0.39, 0.29) is 18.7 Å². The Balaban J connectivity index is 1.53. The molecular weight excluding hydrogens is 456 g/mol. The van der Waals surface area contributed by atoms with Crippen LogP contribution in [0.4, 0.5) is 21.0 Å². The van der Waals surface area contributed by atoms with Gasteiger partial charge in [0.15, 0.2) is 0 Å². The number of urea groups is 2. The van der Waals surface area contributed by atoms with Crippen molar-refractivity contribution in [3.63, 3.8) is 0 Å². The molecule has 4 rings (SSSR count). The molecule has 1 aliphatic rings. The number of amides is 4. The van der Waals surface area contributed by atoms with Crippen molar-refractivity contribution in [3.8, 4) is 0 Å². The molecule has 3 aromatic rings. The maximum Gasteiger partial charge on any atom is 0.338 e. The van der Waals surface area contributed by atoms with Gasteiger partial charge in [-0.3, -0.25) is 4.90 Å². The van der Waals surface area contributed by atoms with Crippen molar-refractivity contribution in [1.29, 1.82) is 0 Å². The quantitative estimate of drug-likeness (QED) is 0.368. The van der Waals surface area contributed by atoms with Crippen LogP contribution in [0, 0.1) is 0 Å². The van der Waals surface area contributed by atoms with E-state index in [9.17, 15) is 14.4 Å². The molecule has 0 fully saturated rings. The Bertz CT molecular complexity index is 1310. The lowest BCUT2D eigenvalue weighted by molar-refractivity contribution is -0.139. The highest BCUT2D eigenvalue weighted by molar-refractivity contribution is 6.06. The van der Waals surface area contributed by atoms with Crippen LogP contribution in [0.3, 0.4) is 0 Å². The summed E-state index contributed by atoms with van der Waals surface area (Å²) in [6.45, 7) is 6.22. The molecule has 3 N–H and O–H groups in total. The summed E-state index contributed by atoms with van der Waals surface area (Å²) in [6, 6.07) is 19.3. The van der Waals surface area contributed by atoms with E-state index in [0.717, 1.165) is 17.2 Å². The van der Waals surface area contributed by atoms with Gasteiger partial charge in [0.2, 0.25) is 0 Å². The zero-order valence-electron chi connectivity index (χ0n) is 20.6. The average molecular weight is 487 g/mol. The smallest absolute Gasteiger partial charge is 0.338 e. The van der Waals surface area contributed by atoms with E-state index in [0.29, 0.717) is 34.8 Å². The van der Waals surface area contributed by atoms with Crippen LogP contribution >= 0.6 is 0 Å². The van der Waals surface area contributed by atoms with Crippen molar-refractivity contribution in [3.05, 3.63) is 83.6 Å². The van der Waals surface area contributed by atoms with Crippen LogP contribution in [0.1, 0.15) is 38.8 Å². The first-order chi connectivity index (χ1) is 17.4. The van der Waals surface area contributed by atoms with Crippen molar-refractivity contribution in [2.24, 2.45) is 0 Å². The SMILES string of the molecule is CCCN1C(=O)NC(c2ccc(NC(=O)Nc3cccc4ccccc34)cc2)C(C(=O)OCC)=C1C. The summed E-state index contributed by atoms with van der Waals surface area (Å²) >= 11 is 0. The van der Waals surface area contributed by atoms with Crippen molar-refractivity contribution < 1.29 is 19.1 Å². The van der Waals surface area contributed by atoms with Crippen LogP contribution in [0.15, 0.2) is 78.0 Å². The monoisotopic (exact) mass is 486 g/mol. The lowest BCUT2D eigenvalue weighted by Gasteiger charge is -2.35. The van der Waals surface area contributed by atoms with Gasteiger partial charge in [-0.05, 0) is 49.4 Å². The number of nitrogens with one attached hydrogen (secondary N) is 3. The van der Waals surface area contributed by atoms with Crippen LogP contribution in [-0.2, 0) is 9.53 Å². The minimum atomic E-state index is -0.650. The molecule has 1 heterocycles. The molecule has 36 heavy (non-hydrogen) atoms. The Hall–Kier alpha value is -4.33. The number of benzene rings is 3. The Morgan fingerprint density at radius 1 is 0.972 bits per heavy atom. The number of rotatable bonds is 7. The predicted molar refractivity (Wildman–Crippen MR) is 141 cm³/mol. The largest absolute Gasteiger partial charge is 0.463 e. The number of carbonyl (C=O) groups is 3. The first-order valence-electron chi connectivity index (χ1n) is 12.0. The van der Waals surface area contributed by atoms with Gasteiger partial charge in [-0.2, -0.15) is 0 Å². The maximum atomic E-state index is 12.8. The average Bonchev–Trinajstić information content (AvgIpc) is 2.87. The van der Waals surface area contributed by atoms with Gasteiger partial charge in [-0.1, -0.05) is 55.5 Å². The number of carbonyl (C=O) groups excluding carboxylic acids is 3. The molecule has 8 nitrogen and oxygen atoms in total. The van der Waals surface area contributed by atoms with E-state index in [1.807, 2.05) is 49.4 Å².